The fourth-order valence-electron chi connectivity index (χ4n) is 3.06. The maximum atomic E-state index is 13.1. The smallest absolute Gasteiger partial charge is 0.242 e. The van der Waals surface area contributed by atoms with Crippen LogP contribution < -0.4 is 14.8 Å². The molecule has 168 valence electrons. The van der Waals surface area contributed by atoms with E-state index in [9.17, 15) is 9.59 Å². The highest BCUT2D eigenvalue weighted by Crippen LogP contribution is 2.17. The average molecular weight is 427 g/mol. The lowest BCUT2D eigenvalue weighted by atomic mass is 10.1. The van der Waals surface area contributed by atoms with E-state index in [0.29, 0.717) is 26.0 Å². The maximum Gasteiger partial charge on any atom is 0.242 e. The van der Waals surface area contributed by atoms with Gasteiger partial charge in [0.1, 0.15) is 17.5 Å². The van der Waals surface area contributed by atoms with Crippen LogP contribution in [0.1, 0.15) is 46.1 Å². The zero-order valence-electron chi connectivity index (χ0n) is 19.2. The molecule has 31 heavy (non-hydrogen) atoms. The van der Waals surface area contributed by atoms with Gasteiger partial charge in [0.2, 0.25) is 11.8 Å². The lowest BCUT2D eigenvalue weighted by Gasteiger charge is -2.31. The van der Waals surface area contributed by atoms with Crippen molar-refractivity contribution in [2.24, 2.45) is 0 Å². The monoisotopic (exact) mass is 426 g/mol. The molecule has 1 N–H and O–H groups in total. The molecule has 0 aliphatic heterocycles. The molecular weight excluding hydrogens is 392 g/mol. The van der Waals surface area contributed by atoms with E-state index in [1.165, 1.54) is 0 Å². The molecule has 0 bridgehead atoms. The van der Waals surface area contributed by atoms with E-state index < -0.39 is 6.04 Å². The first-order chi connectivity index (χ1) is 14.7. The third-order valence-electron chi connectivity index (χ3n) is 4.72. The Morgan fingerprint density at radius 2 is 1.65 bits per heavy atom. The first-order valence-corrected chi connectivity index (χ1v) is 10.6. The Morgan fingerprint density at radius 1 is 1.00 bits per heavy atom. The molecule has 6 heteroatoms. The highest BCUT2D eigenvalue weighted by molar-refractivity contribution is 5.87. The highest BCUT2D eigenvalue weighted by Gasteiger charge is 2.28. The van der Waals surface area contributed by atoms with Crippen LogP contribution in [0, 0.1) is 0 Å². The molecule has 2 rings (SSSR count). The van der Waals surface area contributed by atoms with Gasteiger partial charge in [-0.15, -0.1) is 0 Å². The van der Waals surface area contributed by atoms with Gasteiger partial charge < -0.3 is 19.7 Å². The summed E-state index contributed by atoms with van der Waals surface area (Å²) in [6.07, 6.45) is 0.872. The molecule has 2 aromatic rings. The maximum absolute atomic E-state index is 13.1. The predicted molar refractivity (Wildman–Crippen MR) is 122 cm³/mol. The summed E-state index contributed by atoms with van der Waals surface area (Å²) >= 11 is 0. The van der Waals surface area contributed by atoms with E-state index in [4.69, 9.17) is 9.47 Å². The summed E-state index contributed by atoms with van der Waals surface area (Å²) in [7, 11) is 1.61. The Labute approximate surface area is 185 Å². The van der Waals surface area contributed by atoms with Gasteiger partial charge in [0.05, 0.1) is 13.7 Å². The fourth-order valence-corrected chi connectivity index (χ4v) is 3.06. The summed E-state index contributed by atoms with van der Waals surface area (Å²) in [5, 5.41) is 2.97. The van der Waals surface area contributed by atoms with Crippen molar-refractivity contribution in [3.05, 3.63) is 60.2 Å². The van der Waals surface area contributed by atoms with Crippen LogP contribution in [0.25, 0.3) is 0 Å². The third-order valence-corrected chi connectivity index (χ3v) is 4.72. The Kier molecular flexibility index (Phi) is 8.91. The Bertz CT molecular complexity index is 829. The van der Waals surface area contributed by atoms with Gasteiger partial charge in [-0.25, -0.2) is 0 Å². The first-order valence-electron chi connectivity index (χ1n) is 10.6. The molecule has 6 nitrogen and oxygen atoms in total. The van der Waals surface area contributed by atoms with Gasteiger partial charge in [-0.05, 0) is 63.9 Å². The van der Waals surface area contributed by atoms with Crippen LogP contribution in [0.3, 0.4) is 0 Å². The molecule has 2 amide bonds. The molecule has 0 aliphatic rings. The summed E-state index contributed by atoms with van der Waals surface area (Å²) in [4.78, 5) is 27.5. The number of rotatable bonds is 10. The predicted octanol–water partition coefficient (Wildman–Crippen LogP) is 4.19. The number of ether oxygens (including phenoxy) is 2. The molecule has 0 spiro atoms. The van der Waals surface area contributed by atoms with Crippen molar-refractivity contribution in [1.29, 1.82) is 0 Å². The van der Waals surface area contributed by atoms with E-state index >= 15 is 0 Å². The number of carbonyl (C=O) groups excluding carboxylic acids is 2. The van der Waals surface area contributed by atoms with Gasteiger partial charge in [-0.1, -0.05) is 30.3 Å². The van der Waals surface area contributed by atoms with Gasteiger partial charge in [0.25, 0.3) is 0 Å². The lowest BCUT2D eigenvalue weighted by Crippen LogP contribution is -2.52. The standard InChI is InChI=1S/C25H34N2O4/c1-19(24(29)26-25(2,3)4)27(18-20-13-15-21(30-5)16-14-20)23(28)12-9-17-31-22-10-7-6-8-11-22/h6-8,10-11,13-16,19H,9,12,17-18H2,1-5H3,(H,26,29)/t19-/m1/s1. The van der Waals surface area contributed by atoms with E-state index in [0.717, 1.165) is 17.1 Å². The van der Waals surface area contributed by atoms with Gasteiger partial charge in [0, 0.05) is 18.5 Å². The Hall–Kier alpha value is -3.02. The molecular formula is C25H34N2O4. The molecule has 0 unspecified atom stereocenters. The Balaban J connectivity index is 2.03. The van der Waals surface area contributed by atoms with Crippen LogP contribution >= 0.6 is 0 Å². The SMILES string of the molecule is COc1ccc(CN(C(=O)CCCOc2ccccc2)[C@H](C)C(=O)NC(C)(C)C)cc1. The molecule has 1 atom stereocenters. The number of nitrogens with one attached hydrogen (secondary N) is 1. The summed E-state index contributed by atoms with van der Waals surface area (Å²) in [6, 6.07) is 16.4. The Morgan fingerprint density at radius 3 is 2.23 bits per heavy atom. The minimum absolute atomic E-state index is 0.0796. The van der Waals surface area contributed by atoms with Gasteiger partial charge in [-0.3, -0.25) is 9.59 Å². The quantitative estimate of drug-likeness (QED) is 0.579. The topological polar surface area (TPSA) is 67.9 Å². The third kappa shape index (κ3) is 8.32. The van der Waals surface area contributed by atoms with E-state index in [-0.39, 0.29) is 17.4 Å². The molecule has 0 heterocycles. The summed E-state index contributed by atoms with van der Waals surface area (Å²) < 4.78 is 10.9. The molecule has 0 aromatic heterocycles. The molecule has 0 saturated heterocycles. The van der Waals surface area contributed by atoms with Crippen LogP contribution in [0.2, 0.25) is 0 Å². The molecule has 0 fully saturated rings. The van der Waals surface area contributed by atoms with Crippen molar-refractivity contribution >= 4 is 11.8 Å². The normalized spacial score (nSPS) is 12.0. The van der Waals surface area contributed by atoms with Crippen LogP contribution in [0.4, 0.5) is 0 Å². The number of nitrogens with zero attached hydrogens (tertiary/aromatic N) is 1. The zero-order valence-corrected chi connectivity index (χ0v) is 19.2. The number of amides is 2. The fraction of sp³-hybridized carbons (Fsp3) is 0.440. The largest absolute Gasteiger partial charge is 0.497 e. The van der Waals surface area contributed by atoms with Gasteiger partial charge >= 0.3 is 0 Å². The zero-order chi connectivity index (χ0) is 22.9. The van der Waals surface area contributed by atoms with Crippen LogP contribution in [-0.4, -0.2) is 42.0 Å². The number of benzene rings is 2. The van der Waals surface area contributed by atoms with Crippen molar-refractivity contribution in [1.82, 2.24) is 10.2 Å². The lowest BCUT2D eigenvalue weighted by molar-refractivity contribution is -0.141. The van der Waals surface area contributed by atoms with Crippen molar-refractivity contribution in [3.63, 3.8) is 0 Å². The van der Waals surface area contributed by atoms with Crippen LogP contribution in [0.5, 0.6) is 11.5 Å². The van der Waals surface area contributed by atoms with Crippen molar-refractivity contribution in [2.75, 3.05) is 13.7 Å². The molecule has 0 saturated carbocycles. The molecule has 0 radical (unpaired) electrons. The number of carbonyl (C=O) groups is 2. The summed E-state index contributed by atoms with van der Waals surface area (Å²) in [5.41, 5.74) is 0.564. The second-order valence-electron chi connectivity index (χ2n) is 8.55. The van der Waals surface area contributed by atoms with Crippen LogP contribution in [-0.2, 0) is 16.1 Å². The average Bonchev–Trinajstić information content (AvgIpc) is 2.74. The second-order valence-corrected chi connectivity index (χ2v) is 8.55. The van der Waals surface area contributed by atoms with Gasteiger partial charge in [0.15, 0.2) is 0 Å². The second kappa shape index (κ2) is 11.4. The minimum Gasteiger partial charge on any atom is -0.497 e. The number of hydrogen-bond acceptors (Lipinski definition) is 4. The first kappa shape index (κ1) is 24.3. The van der Waals surface area contributed by atoms with E-state index in [1.807, 2.05) is 75.4 Å². The summed E-state index contributed by atoms with van der Waals surface area (Å²) in [5.74, 6) is 1.28. The van der Waals surface area contributed by atoms with E-state index in [1.54, 1.807) is 18.9 Å². The molecule has 2 aromatic carbocycles. The number of hydrogen-bond donors (Lipinski definition) is 1. The highest BCUT2D eigenvalue weighted by atomic mass is 16.5. The number of para-hydroxylation sites is 1. The van der Waals surface area contributed by atoms with Crippen molar-refractivity contribution in [3.8, 4) is 11.5 Å². The van der Waals surface area contributed by atoms with Gasteiger partial charge in [-0.2, -0.15) is 0 Å². The number of methoxy groups -OCH3 is 1. The van der Waals surface area contributed by atoms with Crippen molar-refractivity contribution in [2.45, 2.75) is 58.7 Å². The summed E-state index contributed by atoms with van der Waals surface area (Å²) in [6.45, 7) is 8.33. The van der Waals surface area contributed by atoms with Crippen molar-refractivity contribution < 1.29 is 19.1 Å². The molecule has 0 aliphatic carbocycles. The minimum atomic E-state index is -0.594. The van der Waals surface area contributed by atoms with Crippen LogP contribution in [0.15, 0.2) is 54.6 Å². The van der Waals surface area contributed by atoms with E-state index in [2.05, 4.69) is 5.32 Å².